The summed E-state index contributed by atoms with van der Waals surface area (Å²) in [5, 5.41) is 3.89. The number of fused-ring (bicyclic) bond motifs is 1. The van der Waals surface area contributed by atoms with Crippen LogP contribution in [0.1, 0.15) is 12.0 Å². The van der Waals surface area contributed by atoms with Gasteiger partial charge in [-0.25, -0.2) is 0 Å². The number of nitrogens with zero attached hydrogens (tertiary/aromatic N) is 1. The topological polar surface area (TPSA) is 41.6 Å². The number of halogens is 1. The average molecular weight is 309 g/mol. The van der Waals surface area contributed by atoms with E-state index < -0.39 is 0 Å². The maximum atomic E-state index is 12.6. The molecule has 1 saturated heterocycles. The summed E-state index contributed by atoms with van der Waals surface area (Å²) in [6.07, 6.45) is 1.81. The lowest BCUT2D eigenvalue weighted by atomic mass is 9.95. The molecule has 4 nitrogen and oxygen atoms in total. The van der Waals surface area contributed by atoms with Crippen molar-refractivity contribution in [1.29, 1.82) is 0 Å². The Kier molecular flexibility index (Phi) is 4.36. The maximum Gasteiger partial charge on any atom is 0.229 e. The Bertz CT molecular complexity index is 535. The molecule has 5 heteroatoms. The fourth-order valence-corrected chi connectivity index (χ4v) is 3.46. The monoisotopic (exact) mass is 308 g/mol. The van der Waals surface area contributed by atoms with Crippen LogP contribution in [-0.4, -0.2) is 44.1 Å². The number of carbonyl (C=O) groups is 1. The minimum atomic E-state index is -0.0793. The van der Waals surface area contributed by atoms with E-state index >= 15 is 0 Å². The molecule has 0 aromatic heterocycles. The van der Waals surface area contributed by atoms with E-state index in [-0.39, 0.29) is 11.8 Å². The lowest BCUT2D eigenvalue weighted by molar-refractivity contribution is -0.135. The van der Waals surface area contributed by atoms with Gasteiger partial charge in [-0.3, -0.25) is 4.79 Å². The zero-order chi connectivity index (χ0) is 14.8. The quantitative estimate of drug-likeness (QED) is 0.928. The summed E-state index contributed by atoms with van der Waals surface area (Å²) in [6.45, 7) is 3.17. The molecule has 0 radical (unpaired) electrons. The molecule has 0 aliphatic carbocycles. The van der Waals surface area contributed by atoms with Crippen LogP contribution in [0.25, 0.3) is 0 Å². The summed E-state index contributed by atoms with van der Waals surface area (Å²) in [5.74, 6) is 1.58. The highest BCUT2D eigenvalue weighted by atomic mass is 35.5. The highest BCUT2D eigenvalue weighted by Crippen LogP contribution is 2.31. The number of rotatable bonds is 3. The number of benzene rings is 1. The molecule has 2 atom stereocenters. The van der Waals surface area contributed by atoms with Gasteiger partial charge in [0.2, 0.25) is 5.91 Å². The third-order valence-corrected chi connectivity index (χ3v) is 4.60. The Labute approximate surface area is 130 Å². The normalized spacial score (nSPS) is 24.6. The predicted molar refractivity (Wildman–Crippen MR) is 82.8 cm³/mol. The van der Waals surface area contributed by atoms with Gasteiger partial charge in [0.25, 0.3) is 0 Å². The number of hydrogen-bond acceptors (Lipinski definition) is 3. The standard InChI is InChI=1S/C16H21ClN2O2/c1-18-8-11-4-5-19(9-11)16(20)13-6-12-7-14(17)2-3-15(12)21-10-13/h2-3,7,11,13,18H,4-6,8-10H2,1H3/t11-,13+/m0/s1. The molecule has 0 unspecified atom stereocenters. The Morgan fingerprint density at radius 3 is 3.19 bits per heavy atom. The number of hydrogen-bond donors (Lipinski definition) is 1. The minimum absolute atomic E-state index is 0.0793. The van der Waals surface area contributed by atoms with Crippen LogP contribution in [0.5, 0.6) is 5.75 Å². The zero-order valence-electron chi connectivity index (χ0n) is 12.3. The number of amides is 1. The van der Waals surface area contributed by atoms with Gasteiger partial charge in [0, 0.05) is 18.1 Å². The van der Waals surface area contributed by atoms with E-state index in [4.69, 9.17) is 16.3 Å². The first-order chi connectivity index (χ1) is 10.2. The van der Waals surface area contributed by atoms with Gasteiger partial charge in [-0.1, -0.05) is 11.6 Å². The van der Waals surface area contributed by atoms with Gasteiger partial charge in [-0.15, -0.1) is 0 Å². The van der Waals surface area contributed by atoms with Crippen molar-refractivity contribution in [3.05, 3.63) is 28.8 Å². The SMILES string of the molecule is CNC[C@@H]1CCN(C(=O)[C@H]2COc3ccc(Cl)cc3C2)C1. The minimum Gasteiger partial charge on any atom is -0.492 e. The van der Waals surface area contributed by atoms with Crippen LogP contribution in [0, 0.1) is 11.8 Å². The largest absolute Gasteiger partial charge is 0.492 e. The molecular weight excluding hydrogens is 288 g/mol. The van der Waals surface area contributed by atoms with Crippen LogP contribution < -0.4 is 10.1 Å². The van der Waals surface area contributed by atoms with Crippen molar-refractivity contribution < 1.29 is 9.53 Å². The van der Waals surface area contributed by atoms with Gasteiger partial charge in [-0.05, 0) is 56.1 Å². The van der Waals surface area contributed by atoms with Crippen molar-refractivity contribution in [2.45, 2.75) is 12.8 Å². The third kappa shape index (κ3) is 3.16. The lowest BCUT2D eigenvalue weighted by Gasteiger charge is -2.28. The van der Waals surface area contributed by atoms with E-state index in [1.807, 2.05) is 30.1 Å². The molecule has 114 valence electrons. The first-order valence-electron chi connectivity index (χ1n) is 7.52. The van der Waals surface area contributed by atoms with E-state index in [0.717, 1.165) is 43.8 Å². The highest BCUT2D eigenvalue weighted by molar-refractivity contribution is 6.30. The molecule has 0 bridgehead atoms. The Morgan fingerprint density at radius 1 is 1.52 bits per heavy atom. The number of likely N-dealkylation sites (tertiary alicyclic amines) is 1. The molecule has 0 saturated carbocycles. The Morgan fingerprint density at radius 2 is 2.38 bits per heavy atom. The van der Waals surface area contributed by atoms with Gasteiger partial charge >= 0.3 is 0 Å². The second-order valence-electron chi connectivity index (χ2n) is 5.96. The maximum absolute atomic E-state index is 12.6. The zero-order valence-corrected chi connectivity index (χ0v) is 13.0. The summed E-state index contributed by atoms with van der Waals surface area (Å²) in [7, 11) is 1.96. The highest BCUT2D eigenvalue weighted by Gasteiger charge is 2.33. The summed E-state index contributed by atoms with van der Waals surface area (Å²) >= 11 is 6.03. The molecule has 2 aliphatic rings. The van der Waals surface area contributed by atoms with Crippen LogP contribution in [0.2, 0.25) is 5.02 Å². The fraction of sp³-hybridized carbons (Fsp3) is 0.562. The fourth-order valence-electron chi connectivity index (χ4n) is 3.27. The van der Waals surface area contributed by atoms with E-state index in [2.05, 4.69) is 5.32 Å². The molecule has 3 rings (SSSR count). The van der Waals surface area contributed by atoms with Crippen molar-refractivity contribution in [2.24, 2.45) is 11.8 Å². The van der Waals surface area contributed by atoms with Gasteiger partial charge in [0.15, 0.2) is 0 Å². The summed E-state index contributed by atoms with van der Waals surface area (Å²) in [4.78, 5) is 14.6. The van der Waals surface area contributed by atoms with Crippen LogP contribution in [-0.2, 0) is 11.2 Å². The van der Waals surface area contributed by atoms with Crippen LogP contribution >= 0.6 is 11.6 Å². The number of carbonyl (C=O) groups excluding carboxylic acids is 1. The van der Waals surface area contributed by atoms with Gasteiger partial charge in [0.05, 0.1) is 5.92 Å². The molecule has 1 N–H and O–H groups in total. The van der Waals surface area contributed by atoms with E-state index in [1.54, 1.807) is 0 Å². The van der Waals surface area contributed by atoms with E-state index in [0.29, 0.717) is 17.5 Å². The lowest BCUT2D eigenvalue weighted by Crippen LogP contribution is -2.40. The summed E-state index contributed by atoms with van der Waals surface area (Å²) < 4.78 is 5.73. The molecule has 1 fully saturated rings. The van der Waals surface area contributed by atoms with Crippen molar-refractivity contribution in [3.8, 4) is 5.75 Å². The van der Waals surface area contributed by atoms with E-state index in [9.17, 15) is 4.79 Å². The summed E-state index contributed by atoms with van der Waals surface area (Å²) in [5.41, 5.74) is 1.04. The second-order valence-corrected chi connectivity index (χ2v) is 6.40. The van der Waals surface area contributed by atoms with Gasteiger partial charge in [0.1, 0.15) is 12.4 Å². The van der Waals surface area contributed by atoms with E-state index in [1.165, 1.54) is 0 Å². The molecule has 0 spiro atoms. The Hall–Kier alpha value is -1.26. The van der Waals surface area contributed by atoms with Crippen molar-refractivity contribution in [2.75, 3.05) is 33.3 Å². The van der Waals surface area contributed by atoms with Gasteiger partial charge in [-0.2, -0.15) is 0 Å². The predicted octanol–water partition coefficient (Wildman–Crippen LogP) is 1.96. The molecule has 1 aromatic rings. The summed E-state index contributed by atoms with van der Waals surface area (Å²) in [6, 6.07) is 5.62. The molecule has 2 heterocycles. The second kappa shape index (κ2) is 6.24. The molecule has 1 amide bonds. The molecule has 21 heavy (non-hydrogen) atoms. The van der Waals surface area contributed by atoms with Crippen molar-refractivity contribution in [3.63, 3.8) is 0 Å². The van der Waals surface area contributed by atoms with Gasteiger partial charge < -0.3 is 15.0 Å². The molecular formula is C16H21ClN2O2. The third-order valence-electron chi connectivity index (χ3n) is 4.37. The number of ether oxygens (including phenoxy) is 1. The van der Waals surface area contributed by atoms with Crippen molar-refractivity contribution >= 4 is 17.5 Å². The molecule has 2 aliphatic heterocycles. The number of nitrogens with one attached hydrogen (secondary N) is 1. The van der Waals surface area contributed by atoms with Crippen LogP contribution in [0.4, 0.5) is 0 Å². The van der Waals surface area contributed by atoms with Crippen molar-refractivity contribution in [1.82, 2.24) is 10.2 Å². The van der Waals surface area contributed by atoms with Crippen LogP contribution in [0.15, 0.2) is 18.2 Å². The smallest absolute Gasteiger partial charge is 0.229 e. The molecule has 1 aromatic carbocycles. The Balaban J connectivity index is 1.64. The first-order valence-corrected chi connectivity index (χ1v) is 7.89. The van der Waals surface area contributed by atoms with Crippen LogP contribution in [0.3, 0.4) is 0 Å². The first kappa shape index (κ1) is 14.7. The average Bonchev–Trinajstić information content (AvgIpc) is 2.94.